The van der Waals surface area contributed by atoms with E-state index in [9.17, 15) is 4.79 Å². The van der Waals surface area contributed by atoms with Gasteiger partial charge in [-0.25, -0.2) is 0 Å². The largest absolute Gasteiger partial charge is 0.395 e. The van der Waals surface area contributed by atoms with E-state index in [0.717, 1.165) is 29.9 Å². The minimum Gasteiger partial charge on any atom is -0.395 e. The topological polar surface area (TPSA) is 58.6 Å². The zero-order chi connectivity index (χ0) is 14.2. The molecule has 1 aliphatic rings. The van der Waals surface area contributed by atoms with Crippen molar-refractivity contribution in [3.63, 3.8) is 0 Å². The molecule has 0 saturated carbocycles. The number of rotatable bonds is 4. The third-order valence-corrected chi connectivity index (χ3v) is 4.08. The number of aliphatic hydroxyl groups is 1. The first kappa shape index (κ1) is 15.0. The molecular weight excluding hydrogens is 274 g/mol. The Labute approximate surface area is 123 Å². The lowest BCUT2D eigenvalue weighted by Crippen LogP contribution is -2.35. The van der Waals surface area contributed by atoms with E-state index >= 15 is 0 Å². The Morgan fingerprint density at radius 1 is 1.60 bits per heavy atom. The predicted molar refractivity (Wildman–Crippen MR) is 78.3 cm³/mol. The van der Waals surface area contributed by atoms with E-state index in [0.29, 0.717) is 19.6 Å². The first-order chi connectivity index (χ1) is 9.81. The van der Waals surface area contributed by atoms with Gasteiger partial charge in [0.1, 0.15) is 0 Å². The maximum atomic E-state index is 12.0. The van der Waals surface area contributed by atoms with Gasteiger partial charge in [0.15, 0.2) is 0 Å². The molecule has 4 nitrogen and oxygen atoms in total. The summed E-state index contributed by atoms with van der Waals surface area (Å²) >= 11 is 1.59. The molecule has 1 aliphatic heterocycles. The quantitative estimate of drug-likeness (QED) is 0.828. The third kappa shape index (κ3) is 4.34. The molecule has 2 rings (SSSR count). The van der Waals surface area contributed by atoms with E-state index in [1.807, 2.05) is 11.4 Å². The van der Waals surface area contributed by atoms with E-state index in [1.165, 1.54) is 0 Å². The minimum absolute atomic E-state index is 0.0207. The average molecular weight is 293 g/mol. The molecule has 0 radical (unpaired) electrons. The number of carbonyl (C=O) groups is 1. The van der Waals surface area contributed by atoms with Crippen LogP contribution in [0.4, 0.5) is 0 Å². The highest BCUT2D eigenvalue weighted by molar-refractivity contribution is 7.10. The highest BCUT2D eigenvalue weighted by Gasteiger charge is 2.21. The van der Waals surface area contributed by atoms with E-state index in [2.05, 4.69) is 17.2 Å². The van der Waals surface area contributed by atoms with Crippen molar-refractivity contribution in [3.05, 3.63) is 21.9 Å². The molecule has 1 unspecified atom stereocenters. The van der Waals surface area contributed by atoms with E-state index in [4.69, 9.17) is 9.84 Å². The van der Waals surface area contributed by atoms with Gasteiger partial charge in [0.05, 0.1) is 25.7 Å². The van der Waals surface area contributed by atoms with Gasteiger partial charge in [-0.15, -0.1) is 11.3 Å². The summed E-state index contributed by atoms with van der Waals surface area (Å²) in [6.45, 7) is 1.87. The van der Waals surface area contributed by atoms with Crippen molar-refractivity contribution in [2.24, 2.45) is 5.92 Å². The number of amides is 1. The van der Waals surface area contributed by atoms with Gasteiger partial charge in [0.2, 0.25) is 5.91 Å². The summed E-state index contributed by atoms with van der Waals surface area (Å²) in [6, 6.07) is 1.94. The molecular formula is C15H19NO3S. The lowest BCUT2D eigenvalue weighted by atomic mass is 10.0. The first-order valence-corrected chi connectivity index (χ1v) is 7.71. The fraction of sp³-hybridized carbons (Fsp3) is 0.533. The van der Waals surface area contributed by atoms with Crippen molar-refractivity contribution < 1.29 is 14.6 Å². The normalized spacial score (nSPS) is 18.1. The van der Waals surface area contributed by atoms with Crippen LogP contribution in [0.25, 0.3) is 0 Å². The maximum Gasteiger partial charge on any atom is 0.225 e. The smallest absolute Gasteiger partial charge is 0.225 e. The van der Waals surface area contributed by atoms with Crippen molar-refractivity contribution in [1.82, 2.24) is 5.32 Å². The van der Waals surface area contributed by atoms with Crippen molar-refractivity contribution in [2.45, 2.75) is 25.8 Å². The molecule has 1 saturated heterocycles. The SMILES string of the molecule is O=C(NCc1sccc1C#CCCO)C1CCCOC1. The predicted octanol–water partition coefficient (Wildman–Crippen LogP) is 1.52. The Kier molecular flexibility index (Phi) is 6.06. The summed E-state index contributed by atoms with van der Waals surface area (Å²) < 4.78 is 5.33. The second-order valence-electron chi connectivity index (χ2n) is 4.66. The monoisotopic (exact) mass is 293 g/mol. The molecule has 1 aromatic heterocycles. The maximum absolute atomic E-state index is 12.0. The summed E-state index contributed by atoms with van der Waals surface area (Å²) in [5, 5.41) is 13.6. The van der Waals surface area contributed by atoms with E-state index < -0.39 is 0 Å². The van der Waals surface area contributed by atoms with Crippen molar-refractivity contribution in [1.29, 1.82) is 0 Å². The number of nitrogens with one attached hydrogen (secondary N) is 1. The molecule has 108 valence electrons. The van der Waals surface area contributed by atoms with Crippen LogP contribution in [-0.4, -0.2) is 30.8 Å². The Hall–Kier alpha value is -1.35. The van der Waals surface area contributed by atoms with Gasteiger partial charge in [-0.2, -0.15) is 0 Å². The molecule has 1 aromatic rings. The molecule has 1 fully saturated rings. The van der Waals surface area contributed by atoms with E-state index in [1.54, 1.807) is 11.3 Å². The summed E-state index contributed by atoms with van der Waals surface area (Å²) in [7, 11) is 0. The Balaban J connectivity index is 1.86. The van der Waals surface area contributed by atoms with Gasteiger partial charge in [-0.1, -0.05) is 11.8 Å². The molecule has 20 heavy (non-hydrogen) atoms. The van der Waals surface area contributed by atoms with Crippen LogP contribution in [0, 0.1) is 17.8 Å². The number of carbonyl (C=O) groups excluding carboxylic acids is 1. The summed E-state index contributed by atoms with van der Waals surface area (Å²) in [6.07, 6.45) is 2.33. The van der Waals surface area contributed by atoms with Crippen molar-refractivity contribution >= 4 is 17.2 Å². The molecule has 0 spiro atoms. The number of thiophene rings is 1. The van der Waals surface area contributed by atoms with Crippen LogP contribution in [0.5, 0.6) is 0 Å². The Bertz CT molecular complexity index is 495. The summed E-state index contributed by atoms with van der Waals surface area (Å²) in [5.74, 6) is 5.97. The second kappa shape index (κ2) is 8.05. The van der Waals surface area contributed by atoms with Crippen LogP contribution >= 0.6 is 11.3 Å². The van der Waals surface area contributed by atoms with Gasteiger partial charge < -0.3 is 15.2 Å². The first-order valence-electron chi connectivity index (χ1n) is 6.83. The summed E-state index contributed by atoms with van der Waals surface area (Å²) in [4.78, 5) is 13.1. The minimum atomic E-state index is -0.0207. The third-order valence-electron chi connectivity index (χ3n) is 3.16. The van der Waals surface area contributed by atoms with Gasteiger partial charge in [0, 0.05) is 23.5 Å². The number of hydrogen-bond donors (Lipinski definition) is 2. The fourth-order valence-corrected chi connectivity index (χ4v) is 2.83. The number of ether oxygens (including phenoxy) is 1. The zero-order valence-corrected chi connectivity index (χ0v) is 12.2. The molecule has 2 heterocycles. The van der Waals surface area contributed by atoms with Crippen LogP contribution in [0.1, 0.15) is 29.7 Å². The highest BCUT2D eigenvalue weighted by Crippen LogP contribution is 2.17. The highest BCUT2D eigenvalue weighted by atomic mass is 32.1. The van der Waals surface area contributed by atoms with Gasteiger partial charge in [0.25, 0.3) is 0 Å². The summed E-state index contributed by atoms with van der Waals surface area (Å²) in [5.41, 5.74) is 0.934. The molecule has 0 aliphatic carbocycles. The lowest BCUT2D eigenvalue weighted by molar-refractivity contribution is -0.129. The molecule has 1 atom stereocenters. The Morgan fingerprint density at radius 3 is 3.25 bits per heavy atom. The van der Waals surface area contributed by atoms with Crippen molar-refractivity contribution in [3.8, 4) is 11.8 Å². The molecule has 0 aromatic carbocycles. The van der Waals surface area contributed by atoms with Crippen LogP contribution in [0.2, 0.25) is 0 Å². The zero-order valence-electron chi connectivity index (χ0n) is 11.4. The van der Waals surface area contributed by atoms with Crippen LogP contribution < -0.4 is 5.32 Å². The standard InChI is InChI=1S/C15H19NO3S/c17-7-2-1-4-12-6-9-20-14(12)10-16-15(18)13-5-3-8-19-11-13/h6,9,13,17H,2-3,5,7-8,10-11H2,(H,16,18). The number of hydrogen-bond acceptors (Lipinski definition) is 4. The van der Waals surface area contributed by atoms with Gasteiger partial charge in [-0.3, -0.25) is 4.79 Å². The van der Waals surface area contributed by atoms with Gasteiger partial charge >= 0.3 is 0 Å². The lowest BCUT2D eigenvalue weighted by Gasteiger charge is -2.21. The molecule has 0 bridgehead atoms. The molecule has 1 amide bonds. The van der Waals surface area contributed by atoms with Crippen LogP contribution in [-0.2, 0) is 16.1 Å². The van der Waals surface area contributed by atoms with Crippen LogP contribution in [0.3, 0.4) is 0 Å². The molecule has 2 N–H and O–H groups in total. The van der Waals surface area contributed by atoms with Crippen LogP contribution in [0.15, 0.2) is 11.4 Å². The van der Waals surface area contributed by atoms with Crippen molar-refractivity contribution in [2.75, 3.05) is 19.8 Å². The second-order valence-corrected chi connectivity index (χ2v) is 5.67. The average Bonchev–Trinajstić information content (AvgIpc) is 2.93. The fourth-order valence-electron chi connectivity index (χ4n) is 2.06. The number of aliphatic hydroxyl groups excluding tert-OH is 1. The van der Waals surface area contributed by atoms with E-state index in [-0.39, 0.29) is 18.4 Å². The van der Waals surface area contributed by atoms with Gasteiger partial charge in [-0.05, 0) is 24.3 Å². The Morgan fingerprint density at radius 2 is 2.50 bits per heavy atom. The molecule has 5 heteroatoms.